The van der Waals surface area contributed by atoms with Gasteiger partial charge in [0, 0.05) is 6.54 Å². The number of carboxylic acid groups (broad SMARTS) is 1. The number of aliphatic imine (C=N–C) groups is 1. The van der Waals surface area contributed by atoms with Gasteiger partial charge in [-0.25, -0.2) is 14.6 Å². The first-order valence-electron chi connectivity index (χ1n) is 9.93. The molecular formula is C23H22N2O6S. The zero-order valence-electron chi connectivity index (χ0n) is 17.6. The highest BCUT2D eigenvalue weighted by atomic mass is 32.2. The molecule has 8 nitrogen and oxygen atoms in total. The van der Waals surface area contributed by atoms with E-state index in [9.17, 15) is 14.4 Å². The van der Waals surface area contributed by atoms with Gasteiger partial charge >= 0.3 is 11.9 Å². The van der Waals surface area contributed by atoms with E-state index in [0.717, 1.165) is 5.56 Å². The summed E-state index contributed by atoms with van der Waals surface area (Å²) in [5.41, 5.74) is 1.46. The van der Waals surface area contributed by atoms with Gasteiger partial charge in [-0.2, -0.15) is 0 Å². The van der Waals surface area contributed by atoms with Gasteiger partial charge in [0.2, 0.25) is 0 Å². The van der Waals surface area contributed by atoms with Crippen molar-refractivity contribution in [3.63, 3.8) is 0 Å². The minimum absolute atomic E-state index is 0.169. The topological polar surface area (TPSA) is 106 Å². The number of carbonyl (C=O) groups is 3. The molecule has 9 heteroatoms. The van der Waals surface area contributed by atoms with E-state index in [0.29, 0.717) is 28.1 Å². The maximum atomic E-state index is 12.8. The number of rotatable bonds is 8. The summed E-state index contributed by atoms with van der Waals surface area (Å²) in [6, 6.07) is 13.2. The number of nitrogens with zero attached hydrogens (tertiary/aromatic N) is 2. The van der Waals surface area contributed by atoms with Crippen molar-refractivity contribution in [2.45, 2.75) is 13.8 Å². The Hall–Kier alpha value is -3.59. The lowest BCUT2D eigenvalue weighted by molar-refractivity contribution is -0.145. The lowest BCUT2D eigenvalue weighted by atomic mass is 10.2. The van der Waals surface area contributed by atoms with Gasteiger partial charge in [-0.05, 0) is 73.6 Å². The first-order valence-corrected chi connectivity index (χ1v) is 10.7. The molecule has 166 valence electrons. The number of carboxylic acids is 1. The summed E-state index contributed by atoms with van der Waals surface area (Å²) < 4.78 is 10.3. The quantitative estimate of drug-likeness (QED) is 0.475. The molecule has 1 saturated heterocycles. The van der Waals surface area contributed by atoms with Crippen molar-refractivity contribution in [3.8, 4) is 5.75 Å². The number of aromatic carboxylic acids is 1. The number of amides is 1. The number of esters is 1. The summed E-state index contributed by atoms with van der Waals surface area (Å²) in [6.45, 7) is 4.12. The van der Waals surface area contributed by atoms with Crippen LogP contribution in [0.25, 0.3) is 6.08 Å². The Morgan fingerprint density at radius 1 is 1.16 bits per heavy atom. The molecule has 2 aromatic carbocycles. The fourth-order valence-corrected chi connectivity index (χ4v) is 3.91. The van der Waals surface area contributed by atoms with Gasteiger partial charge in [0.25, 0.3) is 5.91 Å². The van der Waals surface area contributed by atoms with Gasteiger partial charge < -0.3 is 14.6 Å². The van der Waals surface area contributed by atoms with E-state index in [-0.39, 0.29) is 24.7 Å². The van der Waals surface area contributed by atoms with Crippen LogP contribution in [0.2, 0.25) is 0 Å². The van der Waals surface area contributed by atoms with Crippen LogP contribution >= 0.6 is 11.8 Å². The monoisotopic (exact) mass is 454 g/mol. The first-order chi connectivity index (χ1) is 15.4. The molecule has 1 heterocycles. The maximum absolute atomic E-state index is 12.8. The highest BCUT2D eigenvalue weighted by molar-refractivity contribution is 8.18. The number of hydrogen-bond acceptors (Lipinski definition) is 7. The summed E-state index contributed by atoms with van der Waals surface area (Å²) in [7, 11) is 0. The molecule has 1 aliphatic heterocycles. The van der Waals surface area contributed by atoms with E-state index >= 15 is 0 Å². The van der Waals surface area contributed by atoms with Gasteiger partial charge in [-0.3, -0.25) is 9.69 Å². The second-order valence-electron chi connectivity index (χ2n) is 6.57. The van der Waals surface area contributed by atoms with Crippen LogP contribution in [0.4, 0.5) is 5.69 Å². The fourth-order valence-electron chi connectivity index (χ4n) is 2.85. The van der Waals surface area contributed by atoms with Crippen molar-refractivity contribution >= 4 is 46.5 Å². The number of thioether (sulfide) groups is 1. The molecule has 0 aromatic heterocycles. The van der Waals surface area contributed by atoms with Crippen LogP contribution in [-0.2, 0) is 14.3 Å². The number of likely N-dealkylation sites (N-methyl/N-ethyl adjacent to an activating group) is 1. The van der Waals surface area contributed by atoms with Crippen LogP contribution in [0.5, 0.6) is 5.75 Å². The highest BCUT2D eigenvalue weighted by Gasteiger charge is 2.32. The zero-order chi connectivity index (χ0) is 23.1. The summed E-state index contributed by atoms with van der Waals surface area (Å²) >= 11 is 1.24. The summed E-state index contributed by atoms with van der Waals surface area (Å²) in [5.74, 6) is -1.14. The molecular weight excluding hydrogens is 432 g/mol. The minimum Gasteiger partial charge on any atom is -0.482 e. The Balaban J connectivity index is 1.78. The molecule has 1 aliphatic rings. The Morgan fingerprint density at radius 2 is 1.91 bits per heavy atom. The average molecular weight is 455 g/mol. The molecule has 0 unspecified atom stereocenters. The van der Waals surface area contributed by atoms with Gasteiger partial charge in [0.1, 0.15) is 5.75 Å². The van der Waals surface area contributed by atoms with E-state index < -0.39 is 11.9 Å². The van der Waals surface area contributed by atoms with Crippen LogP contribution in [0.1, 0.15) is 29.8 Å². The third-order valence-electron chi connectivity index (χ3n) is 4.36. The smallest absolute Gasteiger partial charge is 0.344 e. The number of hydrogen-bond donors (Lipinski definition) is 1. The molecule has 0 atom stereocenters. The van der Waals surface area contributed by atoms with Gasteiger partial charge in [0.15, 0.2) is 11.8 Å². The summed E-state index contributed by atoms with van der Waals surface area (Å²) in [6.07, 6.45) is 1.74. The SMILES string of the molecule is CCOC(=O)COc1cccc(/C=C2/SC(=Nc3ccc(C(=O)O)cc3)N(CC)C2=O)c1. The third-order valence-corrected chi connectivity index (χ3v) is 5.37. The maximum Gasteiger partial charge on any atom is 0.344 e. The van der Waals surface area contributed by atoms with Crippen molar-refractivity contribution < 1.29 is 29.0 Å². The molecule has 0 bridgehead atoms. The Kier molecular flexibility index (Phi) is 7.67. The average Bonchev–Trinajstić information content (AvgIpc) is 3.07. The largest absolute Gasteiger partial charge is 0.482 e. The molecule has 3 rings (SSSR count). The van der Waals surface area contributed by atoms with Crippen molar-refractivity contribution in [1.82, 2.24) is 4.90 Å². The number of benzene rings is 2. The zero-order valence-corrected chi connectivity index (χ0v) is 18.4. The van der Waals surface area contributed by atoms with Crippen molar-refractivity contribution in [3.05, 3.63) is 64.6 Å². The number of ether oxygens (including phenoxy) is 2. The van der Waals surface area contributed by atoms with Crippen LogP contribution in [-0.4, -0.2) is 52.8 Å². The van der Waals surface area contributed by atoms with Crippen molar-refractivity contribution in [2.24, 2.45) is 4.99 Å². The Bertz CT molecular complexity index is 1080. The predicted molar refractivity (Wildman–Crippen MR) is 122 cm³/mol. The van der Waals surface area contributed by atoms with Gasteiger partial charge in [0.05, 0.1) is 22.8 Å². The Labute approximate surface area is 189 Å². The van der Waals surface area contributed by atoms with Gasteiger partial charge in [-0.15, -0.1) is 0 Å². The van der Waals surface area contributed by atoms with Gasteiger partial charge in [-0.1, -0.05) is 12.1 Å². The molecule has 0 spiro atoms. The van der Waals surface area contributed by atoms with Crippen LogP contribution < -0.4 is 4.74 Å². The normalized spacial score (nSPS) is 15.9. The minimum atomic E-state index is -1.01. The van der Waals surface area contributed by atoms with E-state index in [4.69, 9.17) is 14.6 Å². The predicted octanol–water partition coefficient (Wildman–Crippen LogP) is 3.95. The molecule has 1 N–H and O–H groups in total. The molecule has 2 aromatic rings. The molecule has 0 saturated carbocycles. The third kappa shape index (κ3) is 5.76. The molecule has 0 aliphatic carbocycles. The first kappa shape index (κ1) is 23.1. The second-order valence-corrected chi connectivity index (χ2v) is 7.58. The van der Waals surface area contributed by atoms with Crippen LogP contribution in [0.15, 0.2) is 58.4 Å². The number of carbonyl (C=O) groups excluding carboxylic acids is 2. The lowest BCUT2D eigenvalue weighted by Crippen LogP contribution is -2.28. The lowest BCUT2D eigenvalue weighted by Gasteiger charge is -2.12. The number of amidine groups is 1. The Morgan fingerprint density at radius 3 is 2.56 bits per heavy atom. The van der Waals surface area contributed by atoms with Crippen LogP contribution in [0, 0.1) is 0 Å². The van der Waals surface area contributed by atoms with Crippen LogP contribution in [0.3, 0.4) is 0 Å². The highest BCUT2D eigenvalue weighted by Crippen LogP contribution is 2.34. The summed E-state index contributed by atoms with van der Waals surface area (Å²) in [4.78, 5) is 41.9. The molecule has 1 amide bonds. The van der Waals surface area contributed by atoms with E-state index in [2.05, 4.69) is 4.99 Å². The van der Waals surface area contributed by atoms with Crippen molar-refractivity contribution in [2.75, 3.05) is 19.8 Å². The van der Waals surface area contributed by atoms with E-state index in [1.165, 1.54) is 23.9 Å². The van der Waals surface area contributed by atoms with Crippen molar-refractivity contribution in [1.29, 1.82) is 0 Å². The molecule has 32 heavy (non-hydrogen) atoms. The second kappa shape index (κ2) is 10.6. The summed E-state index contributed by atoms with van der Waals surface area (Å²) in [5, 5.41) is 9.54. The van der Waals surface area contributed by atoms with E-state index in [1.54, 1.807) is 48.2 Å². The van der Waals surface area contributed by atoms with E-state index in [1.807, 2.05) is 13.0 Å². The molecule has 0 radical (unpaired) electrons. The fraction of sp³-hybridized carbons (Fsp3) is 0.217. The molecule has 1 fully saturated rings. The standard InChI is InChI=1S/C23H22N2O6S/c1-3-25-21(27)19(32-23(25)24-17-10-8-16(9-11-17)22(28)29)13-15-6-5-7-18(12-15)31-14-20(26)30-4-2/h5-13H,3-4,14H2,1-2H3,(H,28,29)/b19-13+,24-23?.